The number of halogens is 1. The molecule has 0 aliphatic heterocycles. The maximum Gasteiger partial charge on any atom is 0.344 e. The third-order valence-electron chi connectivity index (χ3n) is 4.18. The lowest BCUT2D eigenvalue weighted by Gasteiger charge is -2.13. The van der Waals surface area contributed by atoms with E-state index in [4.69, 9.17) is 25.5 Å². The smallest absolute Gasteiger partial charge is 0.344 e. The number of carbonyl (C=O) groups is 1. The second-order valence-electron chi connectivity index (χ2n) is 6.54. The SMILES string of the molecule is Cc1cc(Cl)cc(C)c1OCC(=O)OC(C)c1nnc(-c2ccc([N+](=O)[O-])cc2)o1. The van der Waals surface area contributed by atoms with Crippen molar-refractivity contribution in [3.05, 3.63) is 68.6 Å². The van der Waals surface area contributed by atoms with Gasteiger partial charge >= 0.3 is 5.97 Å². The van der Waals surface area contributed by atoms with Crippen LogP contribution in [0.5, 0.6) is 5.75 Å². The first-order valence-corrected chi connectivity index (χ1v) is 9.29. The van der Waals surface area contributed by atoms with Crippen LogP contribution in [0.2, 0.25) is 5.02 Å². The highest BCUT2D eigenvalue weighted by atomic mass is 35.5. The van der Waals surface area contributed by atoms with Gasteiger partial charge in [0, 0.05) is 22.7 Å². The van der Waals surface area contributed by atoms with Crippen LogP contribution in [-0.2, 0) is 9.53 Å². The van der Waals surface area contributed by atoms with Crippen LogP contribution in [0.25, 0.3) is 11.5 Å². The van der Waals surface area contributed by atoms with Crippen LogP contribution in [0.15, 0.2) is 40.8 Å². The van der Waals surface area contributed by atoms with Gasteiger partial charge in [-0.3, -0.25) is 10.1 Å². The fraction of sp³-hybridized carbons (Fsp3) is 0.250. The number of non-ortho nitro benzene ring substituents is 1. The van der Waals surface area contributed by atoms with Crippen LogP contribution >= 0.6 is 11.6 Å². The Morgan fingerprint density at radius 1 is 1.20 bits per heavy atom. The average Bonchev–Trinajstić information content (AvgIpc) is 3.17. The zero-order chi connectivity index (χ0) is 21.8. The Balaban J connectivity index is 1.60. The number of ether oxygens (including phenoxy) is 2. The molecule has 0 saturated heterocycles. The van der Waals surface area contributed by atoms with Crippen LogP contribution < -0.4 is 4.74 Å². The zero-order valence-electron chi connectivity index (χ0n) is 16.4. The van der Waals surface area contributed by atoms with Gasteiger partial charge in [0.25, 0.3) is 11.6 Å². The number of hydrogen-bond donors (Lipinski definition) is 0. The standard InChI is InChI=1S/C20H18ClN3O6/c1-11-8-15(21)9-12(2)18(11)28-10-17(25)29-13(3)19-22-23-20(30-19)14-4-6-16(7-5-14)24(26)27/h4-9,13H,10H2,1-3H3. The van der Waals surface area contributed by atoms with Gasteiger partial charge in [-0.05, 0) is 56.2 Å². The van der Waals surface area contributed by atoms with Gasteiger partial charge in [-0.25, -0.2) is 4.79 Å². The Hall–Kier alpha value is -3.46. The van der Waals surface area contributed by atoms with Crippen LogP contribution in [-0.4, -0.2) is 27.7 Å². The number of nitro benzene ring substituents is 1. The van der Waals surface area contributed by atoms with E-state index >= 15 is 0 Å². The fourth-order valence-electron chi connectivity index (χ4n) is 2.78. The Bertz CT molecular complexity index is 1060. The van der Waals surface area contributed by atoms with Crippen LogP contribution in [0.4, 0.5) is 5.69 Å². The summed E-state index contributed by atoms with van der Waals surface area (Å²) in [5.41, 5.74) is 2.08. The summed E-state index contributed by atoms with van der Waals surface area (Å²) in [5.74, 6) is 0.218. The van der Waals surface area contributed by atoms with Crippen molar-refractivity contribution in [2.24, 2.45) is 0 Å². The van der Waals surface area contributed by atoms with E-state index in [2.05, 4.69) is 10.2 Å². The summed E-state index contributed by atoms with van der Waals surface area (Å²) in [6.07, 6.45) is -0.798. The van der Waals surface area contributed by atoms with Gasteiger partial charge in [0.2, 0.25) is 5.89 Å². The molecule has 0 aliphatic carbocycles. The highest BCUT2D eigenvalue weighted by Gasteiger charge is 2.20. The lowest BCUT2D eigenvalue weighted by Crippen LogP contribution is -2.17. The zero-order valence-corrected chi connectivity index (χ0v) is 17.2. The molecule has 1 atom stereocenters. The van der Waals surface area contributed by atoms with E-state index in [1.54, 1.807) is 19.1 Å². The van der Waals surface area contributed by atoms with Gasteiger partial charge in [0.15, 0.2) is 12.7 Å². The van der Waals surface area contributed by atoms with Crippen LogP contribution in [0.3, 0.4) is 0 Å². The lowest BCUT2D eigenvalue weighted by molar-refractivity contribution is -0.384. The molecule has 1 aromatic heterocycles. The minimum Gasteiger partial charge on any atom is -0.481 e. The maximum atomic E-state index is 12.1. The van der Waals surface area contributed by atoms with Gasteiger partial charge in [-0.1, -0.05) is 11.6 Å². The van der Waals surface area contributed by atoms with E-state index in [0.717, 1.165) is 11.1 Å². The molecule has 9 nitrogen and oxygen atoms in total. The van der Waals surface area contributed by atoms with Crippen molar-refractivity contribution >= 4 is 23.3 Å². The van der Waals surface area contributed by atoms with E-state index < -0.39 is 17.0 Å². The van der Waals surface area contributed by atoms with Gasteiger partial charge < -0.3 is 13.9 Å². The minimum absolute atomic E-state index is 0.0491. The molecule has 0 aliphatic rings. The first-order chi connectivity index (χ1) is 14.2. The summed E-state index contributed by atoms with van der Waals surface area (Å²) in [7, 11) is 0. The summed E-state index contributed by atoms with van der Waals surface area (Å²) in [6.45, 7) is 4.96. The molecule has 3 aromatic rings. The third-order valence-corrected chi connectivity index (χ3v) is 4.40. The van der Waals surface area contributed by atoms with Crippen LogP contribution in [0, 0.1) is 24.0 Å². The van der Waals surface area contributed by atoms with Crippen molar-refractivity contribution in [1.82, 2.24) is 10.2 Å². The summed E-state index contributed by atoms with van der Waals surface area (Å²) in [4.78, 5) is 22.4. The number of nitrogens with zero attached hydrogens (tertiary/aromatic N) is 3. The average molecular weight is 432 g/mol. The Morgan fingerprint density at radius 3 is 2.43 bits per heavy atom. The molecular weight excluding hydrogens is 414 g/mol. The largest absolute Gasteiger partial charge is 0.481 e. The summed E-state index contributed by atoms with van der Waals surface area (Å²) in [5, 5.41) is 19.1. The highest BCUT2D eigenvalue weighted by molar-refractivity contribution is 6.30. The van der Waals surface area contributed by atoms with Gasteiger partial charge in [-0.15, -0.1) is 10.2 Å². The second-order valence-corrected chi connectivity index (χ2v) is 6.98. The molecule has 0 spiro atoms. The number of benzene rings is 2. The van der Waals surface area contributed by atoms with Gasteiger partial charge in [-0.2, -0.15) is 0 Å². The van der Waals surface area contributed by atoms with Gasteiger partial charge in [0.05, 0.1) is 4.92 Å². The summed E-state index contributed by atoms with van der Waals surface area (Å²) >= 11 is 5.99. The number of aryl methyl sites for hydroxylation is 2. The van der Waals surface area contributed by atoms with Crippen molar-refractivity contribution in [3.63, 3.8) is 0 Å². The first-order valence-electron chi connectivity index (χ1n) is 8.92. The molecule has 0 radical (unpaired) electrons. The van der Waals surface area contributed by atoms with Crippen molar-refractivity contribution in [2.75, 3.05) is 6.61 Å². The number of carbonyl (C=O) groups excluding carboxylic acids is 1. The molecule has 0 N–H and O–H groups in total. The Kier molecular flexibility index (Phi) is 6.31. The predicted molar refractivity (Wildman–Crippen MR) is 107 cm³/mol. The first kappa shape index (κ1) is 21.3. The maximum absolute atomic E-state index is 12.1. The van der Waals surface area contributed by atoms with Crippen molar-refractivity contribution < 1.29 is 23.6 Å². The predicted octanol–water partition coefficient (Wildman–Crippen LogP) is 4.60. The normalized spacial score (nSPS) is 11.7. The molecule has 1 unspecified atom stereocenters. The molecule has 2 aromatic carbocycles. The van der Waals surface area contributed by atoms with Crippen LogP contribution in [0.1, 0.15) is 30.0 Å². The molecule has 1 heterocycles. The van der Waals surface area contributed by atoms with Crippen molar-refractivity contribution in [1.29, 1.82) is 0 Å². The number of hydrogen-bond acceptors (Lipinski definition) is 8. The highest BCUT2D eigenvalue weighted by Crippen LogP contribution is 2.27. The number of esters is 1. The minimum atomic E-state index is -0.798. The van der Waals surface area contributed by atoms with Crippen molar-refractivity contribution in [3.8, 4) is 17.2 Å². The van der Waals surface area contributed by atoms with E-state index in [1.165, 1.54) is 24.3 Å². The number of aromatic nitrogens is 2. The molecule has 0 amide bonds. The quantitative estimate of drug-likeness (QED) is 0.302. The summed E-state index contributed by atoms with van der Waals surface area (Å²) in [6, 6.07) is 9.15. The molecule has 0 bridgehead atoms. The van der Waals surface area contributed by atoms with E-state index in [0.29, 0.717) is 16.3 Å². The molecule has 30 heavy (non-hydrogen) atoms. The molecular formula is C20H18ClN3O6. The number of nitro groups is 1. The Morgan fingerprint density at radius 2 is 1.83 bits per heavy atom. The molecule has 3 rings (SSSR count). The topological polar surface area (TPSA) is 118 Å². The second kappa shape index (κ2) is 8.91. The monoisotopic (exact) mass is 431 g/mol. The Labute approximate surface area is 176 Å². The molecule has 156 valence electrons. The molecule has 0 saturated carbocycles. The third kappa shape index (κ3) is 4.93. The number of rotatable bonds is 7. The van der Waals surface area contributed by atoms with Gasteiger partial charge in [0.1, 0.15) is 5.75 Å². The van der Waals surface area contributed by atoms with E-state index in [9.17, 15) is 14.9 Å². The van der Waals surface area contributed by atoms with E-state index in [-0.39, 0.29) is 24.1 Å². The summed E-state index contributed by atoms with van der Waals surface area (Å²) < 4.78 is 16.4. The lowest BCUT2D eigenvalue weighted by atomic mass is 10.1. The van der Waals surface area contributed by atoms with Crippen molar-refractivity contribution in [2.45, 2.75) is 26.9 Å². The van der Waals surface area contributed by atoms with E-state index in [1.807, 2.05) is 13.8 Å². The fourth-order valence-corrected chi connectivity index (χ4v) is 3.11. The molecule has 0 fully saturated rings. The molecule has 10 heteroatoms.